The minimum Gasteiger partial charge on any atom is -0.346 e. The van der Waals surface area contributed by atoms with E-state index in [9.17, 15) is 23.7 Å². The van der Waals surface area contributed by atoms with Crippen LogP contribution in [0.4, 0.5) is 14.5 Å². The lowest BCUT2D eigenvalue weighted by atomic mass is 10.1. The number of nitro benzene ring substituents is 1. The summed E-state index contributed by atoms with van der Waals surface area (Å²) >= 11 is 0. The van der Waals surface area contributed by atoms with Gasteiger partial charge in [-0.2, -0.15) is 4.39 Å². The lowest BCUT2D eigenvalue weighted by Crippen LogP contribution is -2.26. The number of hydrogen-bond donors (Lipinski definition) is 1. The van der Waals surface area contributed by atoms with Gasteiger partial charge in [0.25, 0.3) is 5.91 Å². The Labute approximate surface area is 124 Å². The van der Waals surface area contributed by atoms with Crippen LogP contribution in [0.2, 0.25) is 0 Å². The molecule has 0 heterocycles. The second kappa shape index (κ2) is 6.30. The maximum Gasteiger partial charge on any atom is 0.305 e. The molecule has 1 atom stereocenters. The van der Waals surface area contributed by atoms with Gasteiger partial charge >= 0.3 is 5.69 Å². The summed E-state index contributed by atoms with van der Waals surface area (Å²) in [5, 5.41) is 13.3. The van der Waals surface area contributed by atoms with Crippen molar-refractivity contribution < 1.29 is 18.5 Å². The minimum absolute atomic E-state index is 0.0259. The Hall–Kier alpha value is -2.83. The van der Waals surface area contributed by atoms with Crippen molar-refractivity contribution in [2.45, 2.75) is 13.0 Å². The van der Waals surface area contributed by atoms with Gasteiger partial charge in [0.05, 0.1) is 11.0 Å². The molecule has 0 saturated heterocycles. The molecule has 0 aliphatic rings. The van der Waals surface area contributed by atoms with Gasteiger partial charge in [-0.05, 0) is 36.8 Å². The average Bonchev–Trinajstić information content (AvgIpc) is 2.47. The molecule has 2 rings (SSSR count). The van der Waals surface area contributed by atoms with Crippen LogP contribution in [0.1, 0.15) is 28.9 Å². The Balaban J connectivity index is 2.16. The molecule has 22 heavy (non-hydrogen) atoms. The highest BCUT2D eigenvalue weighted by atomic mass is 19.1. The highest BCUT2D eigenvalue weighted by Crippen LogP contribution is 2.19. The third-order valence-electron chi connectivity index (χ3n) is 3.12. The van der Waals surface area contributed by atoms with Crippen LogP contribution < -0.4 is 5.32 Å². The number of benzene rings is 2. The van der Waals surface area contributed by atoms with Gasteiger partial charge in [-0.3, -0.25) is 14.9 Å². The number of halogens is 2. The molecule has 0 aromatic heterocycles. The molecule has 5 nitrogen and oxygen atoms in total. The van der Waals surface area contributed by atoms with E-state index in [0.717, 1.165) is 18.2 Å². The Morgan fingerprint density at radius 2 is 1.82 bits per heavy atom. The number of amides is 1. The fraction of sp³-hybridized carbons (Fsp3) is 0.133. The molecule has 2 aromatic rings. The fourth-order valence-electron chi connectivity index (χ4n) is 1.91. The Morgan fingerprint density at radius 3 is 2.41 bits per heavy atom. The van der Waals surface area contributed by atoms with Crippen molar-refractivity contribution in [3.05, 3.63) is 75.3 Å². The van der Waals surface area contributed by atoms with Crippen molar-refractivity contribution in [3.63, 3.8) is 0 Å². The van der Waals surface area contributed by atoms with E-state index in [0.29, 0.717) is 5.56 Å². The number of rotatable bonds is 4. The van der Waals surface area contributed by atoms with Gasteiger partial charge in [0, 0.05) is 11.6 Å². The van der Waals surface area contributed by atoms with Crippen LogP contribution in [0.25, 0.3) is 0 Å². The van der Waals surface area contributed by atoms with E-state index in [1.807, 2.05) is 0 Å². The number of nitrogens with zero attached hydrogens (tertiary/aromatic N) is 1. The van der Waals surface area contributed by atoms with E-state index in [2.05, 4.69) is 5.32 Å². The van der Waals surface area contributed by atoms with E-state index in [-0.39, 0.29) is 5.56 Å². The molecule has 7 heteroatoms. The van der Waals surface area contributed by atoms with Crippen LogP contribution in [-0.2, 0) is 0 Å². The Morgan fingerprint density at radius 1 is 1.18 bits per heavy atom. The molecule has 0 aliphatic carbocycles. The smallest absolute Gasteiger partial charge is 0.305 e. The SMILES string of the molecule is C[C@@H](NC(=O)c1ccc(F)c([N+](=O)[O-])c1)c1ccc(F)cc1. The third kappa shape index (κ3) is 3.43. The molecule has 114 valence electrons. The molecular weight excluding hydrogens is 294 g/mol. The topological polar surface area (TPSA) is 72.2 Å². The highest BCUT2D eigenvalue weighted by molar-refractivity contribution is 5.95. The predicted molar refractivity (Wildman–Crippen MR) is 75.3 cm³/mol. The standard InChI is InChI=1S/C15H12F2N2O3/c1-9(10-2-5-12(16)6-3-10)18-15(20)11-4-7-13(17)14(8-11)19(21)22/h2-9H,1H3,(H,18,20)/t9-/m1/s1. The zero-order valence-electron chi connectivity index (χ0n) is 11.5. The summed E-state index contributed by atoms with van der Waals surface area (Å²) in [7, 11) is 0. The maximum absolute atomic E-state index is 13.2. The molecule has 2 aromatic carbocycles. The lowest BCUT2D eigenvalue weighted by Gasteiger charge is -2.14. The van der Waals surface area contributed by atoms with Crippen LogP contribution >= 0.6 is 0 Å². The largest absolute Gasteiger partial charge is 0.346 e. The van der Waals surface area contributed by atoms with Crippen molar-refractivity contribution >= 4 is 11.6 Å². The first-order valence-corrected chi connectivity index (χ1v) is 6.38. The summed E-state index contributed by atoms with van der Waals surface area (Å²) in [5.41, 5.74) is -0.115. The van der Waals surface area contributed by atoms with Crippen LogP contribution in [0.15, 0.2) is 42.5 Å². The van der Waals surface area contributed by atoms with Crippen LogP contribution in [0.5, 0.6) is 0 Å². The summed E-state index contributed by atoms with van der Waals surface area (Å²) < 4.78 is 26.1. The van der Waals surface area contributed by atoms with Gasteiger partial charge in [0.15, 0.2) is 0 Å². The summed E-state index contributed by atoms with van der Waals surface area (Å²) in [6, 6.07) is 8.05. The average molecular weight is 306 g/mol. The maximum atomic E-state index is 13.2. The number of carbonyl (C=O) groups is 1. The zero-order chi connectivity index (χ0) is 16.3. The van der Waals surface area contributed by atoms with Crippen LogP contribution in [0.3, 0.4) is 0 Å². The quantitative estimate of drug-likeness (QED) is 0.695. The summed E-state index contributed by atoms with van der Waals surface area (Å²) in [4.78, 5) is 21.8. The third-order valence-corrected chi connectivity index (χ3v) is 3.12. The molecular formula is C15H12F2N2O3. The first-order valence-electron chi connectivity index (χ1n) is 6.38. The van der Waals surface area contributed by atoms with E-state index in [1.165, 1.54) is 24.3 Å². The normalized spacial score (nSPS) is 11.8. The number of carbonyl (C=O) groups excluding carboxylic acids is 1. The van der Waals surface area contributed by atoms with Crippen molar-refractivity contribution in [2.24, 2.45) is 0 Å². The van der Waals surface area contributed by atoms with E-state index < -0.39 is 34.2 Å². The summed E-state index contributed by atoms with van der Waals surface area (Å²) in [6.07, 6.45) is 0. The van der Waals surface area contributed by atoms with E-state index >= 15 is 0 Å². The first kappa shape index (κ1) is 15.6. The zero-order valence-corrected chi connectivity index (χ0v) is 11.5. The Bertz CT molecular complexity index is 717. The second-order valence-electron chi connectivity index (χ2n) is 4.67. The molecule has 0 bridgehead atoms. The van der Waals surface area contributed by atoms with Crippen molar-refractivity contribution in [3.8, 4) is 0 Å². The van der Waals surface area contributed by atoms with Gasteiger partial charge in [-0.1, -0.05) is 12.1 Å². The van der Waals surface area contributed by atoms with Gasteiger partial charge in [-0.25, -0.2) is 4.39 Å². The van der Waals surface area contributed by atoms with E-state index in [1.54, 1.807) is 6.92 Å². The predicted octanol–water partition coefficient (Wildman–Crippen LogP) is 3.36. The molecule has 0 spiro atoms. The lowest BCUT2D eigenvalue weighted by molar-refractivity contribution is -0.387. The number of hydrogen-bond acceptors (Lipinski definition) is 3. The molecule has 0 unspecified atom stereocenters. The van der Waals surface area contributed by atoms with Gasteiger partial charge in [0.2, 0.25) is 5.82 Å². The van der Waals surface area contributed by atoms with Crippen molar-refractivity contribution in [1.29, 1.82) is 0 Å². The van der Waals surface area contributed by atoms with Gasteiger partial charge < -0.3 is 5.32 Å². The van der Waals surface area contributed by atoms with Crippen LogP contribution in [0, 0.1) is 21.7 Å². The van der Waals surface area contributed by atoms with Crippen molar-refractivity contribution in [1.82, 2.24) is 5.32 Å². The van der Waals surface area contributed by atoms with Gasteiger partial charge in [-0.15, -0.1) is 0 Å². The summed E-state index contributed by atoms with van der Waals surface area (Å²) in [5.74, 6) is -1.98. The van der Waals surface area contributed by atoms with Crippen LogP contribution in [-0.4, -0.2) is 10.8 Å². The molecule has 0 radical (unpaired) electrons. The summed E-state index contributed by atoms with van der Waals surface area (Å²) in [6.45, 7) is 1.68. The molecule has 1 N–H and O–H groups in total. The van der Waals surface area contributed by atoms with Crippen molar-refractivity contribution in [2.75, 3.05) is 0 Å². The number of nitrogens with one attached hydrogen (secondary N) is 1. The number of nitro groups is 1. The molecule has 1 amide bonds. The molecule has 0 saturated carbocycles. The van der Waals surface area contributed by atoms with Gasteiger partial charge in [0.1, 0.15) is 5.82 Å². The van der Waals surface area contributed by atoms with E-state index in [4.69, 9.17) is 0 Å². The molecule has 0 fully saturated rings. The highest BCUT2D eigenvalue weighted by Gasteiger charge is 2.18. The minimum atomic E-state index is -1.01. The Kier molecular flexibility index (Phi) is 4.45. The monoisotopic (exact) mass is 306 g/mol. The first-order chi connectivity index (χ1) is 10.4. The fourth-order valence-corrected chi connectivity index (χ4v) is 1.91. The molecule has 0 aliphatic heterocycles. The second-order valence-corrected chi connectivity index (χ2v) is 4.67.